The Kier molecular flexibility index (Phi) is 7.14. The second kappa shape index (κ2) is 10.2. The first-order chi connectivity index (χ1) is 15.1. The lowest BCUT2D eigenvalue weighted by Gasteiger charge is -2.31. The molecule has 1 aliphatic carbocycles. The number of hydrogen-bond acceptors (Lipinski definition) is 7. The highest BCUT2D eigenvalue weighted by Crippen LogP contribution is 2.35. The van der Waals surface area contributed by atoms with Crippen LogP contribution in [0.2, 0.25) is 0 Å². The summed E-state index contributed by atoms with van der Waals surface area (Å²) >= 11 is 1.64. The lowest BCUT2D eigenvalue weighted by molar-refractivity contribution is -0.348. The van der Waals surface area contributed by atoms with E-state index in [4.69, 9.17) is 9.68 Å². The third kappa shape index (κ3) is 5.59. The van der Waals surface area contributed by atoms with Gasteiger partial charge in [0, 0.05) is 6.92 Å². The van der Waals surface area contributed by atoms with E-state index in [2.05, 4.69) is 16.5 Å². The van der Waals surface area contributed by atoms with Crippen LogP contribution in [0.15, 0.2) is 48.5 Å². The van der Waals surface area contributed by atoms with Crippen molar-refractivity contribution in [2.24, 2.45) is 5.92 Å². The van der Waals surface area contributed by atoms with Crippen LogP contribution in [0.3, 0.4) is 0 Å². The van der Waals surface area contributed by atoms with Crippen LogP contribution >= 0.6 is 11.3 Å². The molecular formula is C23H27N3O4S. The number of para-hydroxylation sites is 1. The minimum Gasteiger partial charge on any atom is -0.486 e. The molecule has 3 aromatic rings. The number of nitrogens with one attached hydrogen (secondary N) is 1. The molecule has 1 unspecified atom stereocenters. The van der Waals surface area contributed by atoms with Crippen LogP contribution in [-0.2, 0) is 16.3 Å². The molecule has 2 aromatic carbocycles. The van der Waals surface area contributed by atoms with Gasteiger partial charge in [0.15, 0.2) is 0 Å². The van der Waals surface area contributed by atoms with Gasteiger partial charge in [-0.1, -0.05) is 48.8 Å². The Hall–Kier alpha value is -2.52. The number of carbonyl (C=O) groups is 1. The predicted octanol–water partition coefficient (Wildman–Crippen LogP) is 5.17. The fourth-order valence-electron chi connectivity index (χ4n) is 3.97. The average Bonchev–Trinajstić information content (AvgIpc) is 3.22. The fourth-order valence-corrected chi connectivity index (χ4v) is 4.85. The Labute approximate surface area is 185 Å². The first-order valence-electron chi connectivity index (χ1n) is 10.6. The molecule has 1 aromatic heterocycles. The van der Waals surface area contributed by atoms with Gasteiger partial charge in [0.25, 0.3) is 5.91 Å². The van der Waals surface area contributed by atoms with Crippen molar-refractivity contribution in [1.82, 2.24) is 15.7 Å². The molecule has 8 heteroatoms. The molecule has 0 bridgehead atoms. The van der Waals surface area contributed by atoms with Crippen molar-refractivity contribution in [3.05, 3.63) is 59.1 Å². The van der Waals surface area contributed by atoms with Crippen LogP contribution in [0.25, 0.3) is 10.2 Å². The minimum atomic E-state index is -0.589. The first kappa shape index (κ1) is 21.7. The lowest BCUT2D eigenvalue weighted by Crippen LogP contribution is -2.37. The second-order valence-electron chi connectivity index (χ2n) is 7.81. The van der Waals surface area contributed by atoms with Crippen LogP contribution in [0.5, 0.6) is 5.75 Å². The highest BCUT2D eigenvalue weighted by Gasteiger charge is 2.26. The molecule has 1 aliphatic rings. The Balaban J connectivity index is 1.41. The number of hydroxylamine groups is 3. The maximum absolute atomic E-state index is 11.2. The number of fused-ring (bicyclic) bond motifs is 1. The zero-order chi connectivity index (χ0) is 21.6. The van der Waals surface area contributed by atoms with E-state index in [0.29, 0.717) is 12.5 Å². The Morgan fingerprint density at radius 3 is 2.65 bits per heavy atom. The van der Waals surface area contributed by atoms with Crippen LogP contribution in [-0.4, -0.2) is 21.3 Å². The molecule has 7 nitrogen and oxygen atoms in total. The summed E-state index contributed by atoms with van der Waals surface area (Å²) in [4.78, 5) is 20.9. The van der Waals surface area contributed by atoms with Gasteiger partial charge in [-0.2, -0.15) is 10.4 Å². The van der Waals surface area contributed by atoms with Gasteiger partial charge in [0.2, 0.25) is 0 Å². The molecule has 1 saturated carbocycles. The quantitative estimate of drug-likeness (QED) is 0.371. The van der Waals surface area contributed by atoms with Gasteiger partial charge in [0.05, 0.1) is 16.3 Å². The molecule has 2 N–H and O–H groups in total. The molecule has 0 aliphatic heterocycles. The Morgan fingerprint density at radius 2 is 1.94 bits per heavy atom. The predicted molar refractivity (Wildman–Crippen MR) is 118 cm³/mol. The number of carbonyl (C=O) groups excluding carboxylic acids is 1. The summed E-state index contributed by atoms with van der Waals surface area (Å²) in [6.07, 6.45) is 5.72. The van der Waals surface area contributed by atoms with Crippen LogP contribution in [0, 0.1) is 5.92 Å². The molecule has 1 fully saturated rings. The maximum atomic E-state index is 11.2. The molecule has 1 atom stereocenters. The van der Waals surface area contributed by atoms with Crippen molar-refractivity contribution < 1.29 is 19.7 Å². The SMILES string of the molecule is CC(=O)N(O)ONC(c1ccc(OCc2nc3ccccc3s2)cc1)C1CCCCC1. The first-order valence-corrected chi connectivity index (χ1v) is 11.4. The van der Waals surface area contributed by atoms with Crippen molar-refractivity contribution in [3.8, 4) is 5.75 Å². The van der Waals surface area contributed by atoms with Crippen molar-refractivity contribution in [2.45, 2.75) is 51.7 Å². The number of aromatic nitrogens is 1. The molecular weight excluding hydrogens is 414 g/mol. The van der Waals surface area contributed by atoms with Gasteiger partial charge in [-0.15, -0.1) is 11.3 Å². The summed E-state index contributed by atoms with van der Waals surface area (Å²) < 4.78 is 7.09. The molecule has 0 spiro atoms. The normalized spacial score (nSPS) is 15.7. The van der Waals surface area contributed by atoms with Gasteiger partial charge >= 0.3 is 0 Å². The van der Waals surface area contributed by atoms with Crippen molar-refractivity contribution >= 4 is 27.5 Å². The molecule has 1 amide bonds. The summed E-state index contributed by atoms with van der Waals surface area (Å²) in [5.41, 5.74) is 4.90. The van der Waals surface area contributed by atoms with E-state index in [0.717, 1.165) is 39.4 Å². The average molecular weight is 442 g/mol. The monoisotopic (exact) mass is 441 g/mol. The van der Waals surface area contributed by atoms with Gasteiger partial charge < -0.3 is 4.74 Å². The van der Waals surface area contributed by atoms with Crippen LogP contribution < -0.4 is 10.2 Å². The van der Waals surface area contributed by atoms with E-state index in [1.165, 1.54) is 26.2 Å². The zero-order valence-corrected chi connectivity index (χ0v) is 18.3. The second-order valence-corrected chi connectivity index (χ2v) is 8.93. The number of rotatable bonds is 8. The summed E-state index contributed by atoms with van der Waals surface area (Å²) in [6, 6.07) is 15.8. The highest BCUT2D eigenvalue weighted by atomic mass is 32.1. The topological polar surface area (TPSA) is 83.9 Å². The standard InChI is InChI=1S/C23H27N3O4S/c1-16(27)26(28)30-25-23(17-7-3-2-4-8-17)18-11-13-19(14-12-18)29-15-22-24-20-9-5-6-10-21(20)31-22/h5-6,9-14,17,23,25,28H,2-4,7-8,15H2,1H3. The Morgan fingerprint density at radius 1 is 1.19 bits per heavy atom. The third-order valence-electron chi connectivity index (χ3n) is 5.60. The van der Waals surface area contributed by atoms with Crippen LogP contribution in [0.4, 0.5) is 0 Å². The highest BCUT2D eigenvalue weighted by molar-refractivity contribution is 7.18. The number of hydrogen-bond donors (Lipinski definition) is 2. The summed E-state index contributed by atoms with van der Waals surface area (Å²) in [5.74, 6) is 0.538. The van der Waals surface area contributed by atoms with E-state index >= 15 is 0 Å². The Bertz CT molecular complexity index is 968. The summed E-state index contributed by atoms with van der Waals surface area (Å²) in [5, 5.41) is 10.7. The number of thiazole rings is 1. The molecule has 31 heavy (non-hydrogen) atoms. The molecule has 164 valence electrons. The number of nitrogens with zero attached hydrogens (tertiary/aromatic N) is 2. The minimum absolute atomic E-state index is 0.132. The molecule has 4 rings (SSSR count). The summed E-state index contributed by atoms with van der Waals surface area (Å²) in [6.45, 7) is 1.65. The zero-order valence-electron chi connectivity index (χ0n) is 17.5. The largest absolute Gasteiger partial charge is 0.486 e. The van der Waals surface area contributed by atoms with Gasteiger partial charge in [0.1, 0.15) is 17.4 Å². The molecule has 1 heterocycles. The van der Waals surface area contributed by atoms with E-state index in [1.54, 1.807) is 11.3 Å². The summed E-state index contributed by atoms with van der Waals surface area (Å²) in [7, 11) is 0. The van der Waals surface area contributed by atoms with Gasteiger partial charge in [-0.3, -0.25) is 10.0 Å². The maximum Gasteiger partial charge on any atom is 0.272 e. The number of amides is 1. The fraction of sp³-hybridized carbons (Fsp3) is 0.391. The van der Waals surface area contributed by atoms with Crippen molar-refractivity contribution in [3.63, 3.8) is 0 Å². The van der Waals surface area contributed by atoms with E-state index < -0.39 is 5.91 Å². The van der Waals surface area contributed by atoms with Crippen LogP contribution in [0.1, 0.15) is 55.6 Å². The third-order valence-corrected chi connectivity index (χ3v) is 6.61. The smallest absolute Gasteiger partial charge is 0.272 e. The van der Waals surface area contributed by atoms with Gasteiger partial charge in [-0.25, -0.2) is 4.98 Å². The molecule has 0 saturated heterocycles. The van der Waals surface area contributed by atoms with Crippen molar-refractivity contribution in [1.29, 1.82) is 0 Å². The van der Waals surface area contributed by atoms with E-state index in [9.17, 15) is 10.0 Å². The van der Waals surface area contributed by atoms with E-state index in [-0.39, 0.29) is 11.3 Å². The van der Waals surface area contributed by atoms with E-state index in [1.807, 2.05) is 42.5 Å². The van der Waals surface area contributed by atoms with Gasteiger partial charge in [-0.05, 0) is 48.6 Å². The lowest BCUT2D eigenvalue weighted by atomic mass is 9.81. The molecule has 0 radical (unpaired) electrons. The number of benzene rings is 2. The number of ether oxygens (including phenoxy) is 1. The van der Waals surface area contributed by atoms with Crippen molar-refractivity contribution in [2.75, 3.05) is 0 Å².